The van der Waals surface area contributed by atoms with E-state index in [-0.39, 0.29) is 4.90 Å². The summed E-state index contributed by atoms with van der Waals surface area (Å²) in [4.78, 5) is 2.41. The summed E-state index contributed by atoms with van der Waals surface area (Å²) in [6.45, 7) is 3.25. The van der Waals surface area contributed by atoms with Gasteiger partial charge in [0, 0.05) is 31.7 Å². The lowest BCUT2D eigenvalue weighted by molar-refractivity contribution is 0.0730. The molecule has 9 heteroatoms. The molecule has 2 aromatic rings. The molecule has 2 heterocycles. The van der Waals surface area contributed by atoms with Crippen molar-refractivity contribution in [2.24, 2.45) is 0 Å². The van der Waals surface area contributed by atoms with Crippen LogP contribution in [0.3, 0.4) is 0 Å². The number of aliphatic hydroxyl groups is 1. The van der Waals surface area contributed by atoms with Gasteiger partial charge in [-0.2, -0.15) is 4.31 Å². The molecule has 2 aliphatic rings. The maximum absolute atomic E-state index is 13.2. The summed E-state index contributed by atoms with van der Waals surface area (Å²) in [7, 11) is -2.10. The minimum Gasteiger partial charge on any atom is -0.496 e. The van der Waals surface area contributed by atoms with Crippen molar-refractivity contribution in [2.45, 2.75) is 24.0 Å². The number of nitrogens with zero attached hydrogens (tertiary/aromatic N) is 2. The molecule has 2 fully saturated rings. The Hall–Kier alpha value is -2.33. The van der Waals surface area contributed by atoms with Crippen molar-refractivity contribution in [3.8, 4) is 5.75 Å². The normalized spacial score (nSPS) is 18.7. The molecular formula is C22H29N3O5S. The first-order valence-corrected chi connectivity index (χ1v) is 12.0. The molecule has 0 spiro atoms. The molecule has 0 amide bonds. The summed E-state index contributed by atoms with van der Waals surface area (Å²) in [5, 5.41) is 14.0. The average molecular weight is 448 g/mol. The average Bonchev–Trinajstić information content (AvgIpc) is 3.34. The van der Waals surface area contributed by atoms with Crippen LogP contribution in [-0.2, 0) is 14.8 Å². The molecule has 0 unspecified atom stereocenters. The van der Waals surface area contributed by atoms with Gasteiger partial charge in [0.05, 0.1) is 36.6 Å². The number of hydrogen-bond acceptors (Lipinski definition) is 7. The number of rotatable bonds is 7. The molecule has 2 saturated heterocycles. The summed E-state index contributed by atoms with van der Waals surface area (Å²) >= 11 is 0. The van der Waals surface area contributed by atoms with Crippen LogP contribution >= 0.6 is 0 Å². The van der Waals surface area contributed by atoms with Crippen LogP contribution in [0.1, 0.15) is 24.6 Å². The second-order valence-corrected chi connectivity index (χ2v) is 9.62. The second-order valence-electron chi connectivity index (χ2n) is 7.68. The highest BCUT2D eigenvalue weighted by Crippen LogP contribution is 2.35. The van der Waals surface area contributed by atoms with E-state index < -0.39 is 16.3 Å². The van der Waals surface area contributed by atoms with Crippen LogP contribution in [0.2, 0.25) is 0 Å². The Labute approximate surface area is 183 Å². The van der Waals surface area contributed by atoms with Crippen molar-refractivity contribution >= 4 is 21.4 Å². The van der Waals surface area contributed by atoms with Gasteiger partial charge in [0.1, 0.15) is 5.75 Å². The third kappa shape index (κ3) is 4.64. The van der Waals surface area contributed by atoms with Gasteiger partial charge in [-0.15, -0.1) is 0 Å². The van der Waals surface area contributed by atoms with E-state index in [1.807, 2.05) is 18.2 Å². The monoisotopic (exact) mass is 447 g/mol. The SMILES string of the molecule is COc1ccccc1[C@@H](O)Nc1cc(S(=O)(=O)N2CCOCC2)ccc1N1CCCC1. The van der Waals surface area contributed by atoms with Crippen LogP contribution in [0.4, 0.5) is 11.4 Å². The number of morpholine rings is 1. The zero-order chi connectivity index (χ0) is 21.8. The lowest BCUT2D eigenvalue weighted by Crippen LogP contribution is -2.40. The van der Waals surface area contributed by atoms with E-state index in [2.05, 4.69) is 10.2 Å². The Kier molecular flexibility index (Phi) is 6.66. The smallest absolute Gasteiger partial charge is 0.243 e. The number of hydrogen-bond donors (Lipinski definition) is 2. The number of sulfonamides is 1. The number of nitrogens with one attached hydrogen (secondary N) is 1. The van der Waals surface area contributed by atoms with Crippen LogP contribution in [0.15, 0.2) is 47.4 Å². The fourth-order valence-electron chi connectivity index (χ4n) is 4.08. The standard InChI is InChI=1S/C22H29N3O5S/c1-29-21-7-3-2-6-18(21)22(26)23-19-16-17(8-9-20(19)24-10-4-5-11-24)31(27,28)25-12-14-30-15-13-25/h2-3,6-9,16,22-23,26H,4-5,10-15H2,1H3/t22-/m1/s1. The van der Waals surface area contributed by atoms with Crippen LogP contribution in [-0.4, -0.2) is 64.3 Å². The van der Waals surface area contributed by atoms with E-state index >= 15 is 0 Å². The number of methoxy groups -OCH3 is 1. The number of para-hydroxylation sites is 1. The first-order valence-electron chi connectivity index (χ1n) is 10.5. The molecule has 1 atom stereocenters. The maximum Gasteiger partial charge on any atom is 0.243 e. The summed E-state index contributed by atoms with van der Waals surface area (Å²) in [5.74, 6) is 0.558. The van der Waals surface area contributed by atoms with Crippen molar-refractivity contribution in [3.05, 3.63) is 48.0 Å². The highest BCUT2D eigenvalue weighted by molar-refractivity contribution is 7.89. The molecule has 0 radical (unpaired) electrons. The third-order valence-electron chi connectivity index (χ3n) is 5.75. The lowest BCUT2D eigenvalue weighted by atomic mass is 10.1. The summed E-state index contributed by atoms with van der Waals surface area (Å²) in [6.07, 6.45) is 1.11. The molecule has 0 aliphatic carbocycles. The molecule has 2 N–H and O–H groups in total. The van der Waals surface area contributed by atoms with Crippen LogP contribution in [0.25, 0.3) is 0 Å². The fourth-order valence-corrected chi connectivity index (χ4v) is 5.51. The Morgan fingerprint density at radius 2 is 1.77 bits per heavy atom. The quantitative estimate of drug-likeness (QED) is 0.630. The molecule has 4 rings (SSSR count). The summed E-state index contributed by atoms with van der Waals surface area (Å²) < 4.78 is 38.5. The van der Waals surface area contributed by atoms with E-state index in [1.165, 1.54) is 4.31 Å². The van der Waals surface area contributed by atoms with E-state index in [9.17, 15) is 13.5 Å². The molecule has 168 valence electrons. The van der Waals surface area contributed by atoms with E-state index in [0.29, 0.717) is 43.3 Å². The van der Waals surface area contributed by atoms with E-state index in [1.54, 1.807) is 31.4 Å². The fraction of sp³-hybridized carbons (Fsp3) is 0.455. The van der Waals surface area contributed by atoms with Gasteiger partial charge in [-0.3, -0.25) is 0 Å². The van der Waals surface area contributed by atoms with Crippen molar-refractivity contribution in [2.75, 3.05) is 56.7 Å². The highest BCUT2D eigenvalue weighted by atomic mass is 32.2. The predicted molar refractivity (Wildman–Crippen MR) is 119 cm³/mol. The molecule has 0 aromatic heterocycles. The van der Waals surface area contributed by atoms with Crippen molar-refractivity contribution < 1.29 is 23.0 Å². The van der Waals surface area contributed by atoms with Crippen LogP contribution in [0, 0.1) is 0 Å². The largest absolute Gasteiger partial charge is 0.496 e. The van der Waals surface area contributed by atoms with Gasteiger partial charge >= 0.3 is 0 Å². The van der Waals surface area contributed by atoms with Gasteiger partial charge in [-0.1, -0.05) is 18.2 Å². The van der Waals surface area contributed by atoms with E-state index in [4.69, 9.17) is 9.47 Å². The van der Waals surface area contributed by atoms with Crippen molar-refractivity contribution in [3.63, 3.8) is 0 Å². The van der Waals surface area contributed by atoms with Gasteiger partial charge in [0.25, 0.3) is 0 Å². The van der Waals surface area contributed by atoms with Crippen molar-refractivity contribution in [1.82, 2.24) is 4.31 Å². The lowest BCUT2D eigenvalue weighted by Gasteiger charge is -2.28. The number of anilines is 2. The highest BCUT2D eigenvalue weighted by Gasteiger charge is 2.28. The van der Waals surface area contributed by atoms with Crippen molar-refractivity contribution in [1.29, 1.82) is 0 Å². The molecule has 2 aromatic carbocycles. The molecular weight excluding hydrogens is 418 g/mol. The molecule has 0 bridgehead atoms. The minimum absolute atomic E-state index is 0.201. The zero-order valence-electron chi connectivity index (χ0n) is 17.7. The number of aliphatic hydroxyl groups excluding tert-OH is 1. The summed E-state index contributed by atoms with van der Waals surface area (Å²) in [5.41, 5.74) is 2.04. The minimum atomic E-state index is -3.65. The van der Waals surface area contributed by atoms with Gasteiger partial charge in [0.2, 0.25) is 10.0 Å². The Morgan fingerprint density at radius 3 is 2.48 bits per heavy atom. The van der Waals surface area contributed by atoms with Crippen LogP contribution < -0.4 is 15.0 Å². The predicted octanol–water partition coefficient (Wildman–Crippen LogP) is 2.42. The second kappa shape index (κ2) is 9.44. The first-order chi connectivity index (χ1) is 15.0. The number of ether oxygens (including phenoxy) is 2. The van der Waals surface area contributed by atoms with Gasteiger partial charge in [-0.25, -0.2) is 8.42 Å². The number of benzene rings is 2. The Bertz CT molecular complexity index is 1000. The van der Waals surface area contributed by atoms with Crippen LogP contribution in [0.5, 0.6) is 5.75 Å². The molecule has 2 aliphatic heterocycles. The van der Waals surface area contributed by atoms with E-state index in [0.717, 1.165) is 31.6 Å². The topological polar surface area (TPSA) is 91.3 Å². The summed E-state index contributed by atoms with van der Waals surface area (Å²) in [6, 6.07) is 12.3. The van der Waals surface area contributed by atoms with Gasteiger partial charge < -0.3 is 24.8 Å². The maximum atomic E-state index is 13.2. The Balaban J connectivity index is 1.68. The van der Waals surface area contributed by atoms with Gasteiger partial charge in [0.15, 0.2) is 6.23 Å². The third-order valence-corrected chi connectivity index (χ3v) is 7.64. The molecule has 0 saturated carbocycles. The molecule has 31 heavy (non-hydrogen) atoms. The Morgan fingerprint density at radius 1 is 1.06 bits per heavy atom. The molecule has 8 nitrogen and oxygen atoms in total. The van der Waals surface area contributed by atoms with Gasteiger partial charge in [-0.05, 0) is 37.1 Å². The zero-order valence-corrected chi connectivity index (χ0v) is 18.5. The first kappa shape index (κ1) is 21.9.